The van der Waals surface area contributed by atoms with Crippen LogP contribution in [0.15, 0.2) is 29.3 Å². The molecule has 3 N–H and O–H groups in total. The number of nitrogens with one attached hydrogen (secondary N) is 1. The van der Waals surface area contributed by atoms with Crippen LogP contribution in [0.5, 0.6) is 0 Å². The third-order valence-electron chi connectivity index (χ3n) is 3.48. The monoisotopic (exact) mass is 432 g/mol. The van der Waals surface area contributed by atoms with Gasteiger partial charge in [-0.05, 0) is 24.1 Å². The van der Waals surface area contributed by atoms with Gasteiger partial charge in [-0.3, -0.25) is 4.79 Å². The highest BCUT2D eigenvalue weighted by Gasteiger charge is 2.12. The van der Waals surface area contributed by atoms with Crippen LogP contribution in [0.1, 0.15) is 29.3 Å². The summed E-state index contributed by atoms with van der Waals surface area (Å²) in [7, 11) is 0. The molecule has 2 rings (SSSR count). The van der Waals surface area contributed by atoms with Crippen LogP contribution in [0.3, 0.4) is 0 Å². The molecule has 23 heavy (non-hydrogen) atoms. The second-order valence-electron chi connectivity index (χ2n) is 5.23. The van der Waals surface area contributed by atoms with Gasteiger partial charge in [-0.15, -0.1) is 24.0 Å². The average molecular weight is 432 g/mol. The minimum Gasteiger partial charge on any atom is -0.378 e. The van der Waals surface area contributed by atoms with Crippen LogP contribution in [0, 0.1) is 0 Å². The van der Waals surface area contributed by atoms with Crippen LogP contribution in [0.25, 0.3) is 0 Å². The number of nitrogens with two attached hydrogens (primary N) is 1. The molecule has 6 nitrogen and oxygen atoms in total. The second-order valence-corrected chi connectivity index (χ2v) is 5.23. The zero-order valence-corrected chi connectivity index (χ0v) is 15.8. The van der Waals surface area contributed by atoms with Gasteiger partial charge in [-0.25, -0.2) is 4.99 Å². The van der Waals surface area contributed by atoms with Crippen LogP contribution in [-0.2, 0) is 11.3 Å². The largest absolute Gasteiger partial charge is 0.378 e. The van der Waals surface area contributed by atoms with Gasteiger partial charge in [0.2, 0.25) is 0 Å². The Bertz CT molecular complexity index is 531. The third kappa shape index (κ3) is 6.34. The second kappa shape index (κ2) is 10.4. The van der Waals surface area contributed by atoms with Crippen LogP contribution in [-0.4, -0.2) is 49.6 Å². The predicted molar refractivity (Wildman–Crippen MR) is 102 cm³/mol. The fourth-order valence-electron chi connectivity index (χ4n) is 2.22. The van der Waals surface area contributed by atoms with E-state index in [1.54, 1.807) is 0 Å². The molecular formula is C16H25IN4O2. The van der Waals surface area contributed by atoms with Gasteiger partial charge >= 0.3 is 0 Å². The number of morpholine rings is 1. The molecule has 1 aliphatic rings. The van der Waals surface area contributed by atoms with E-state index in [0.717, 1.165) is 25.1 Å². The minimum atomic E-state index is -0.0474. The molecule has 1 aromatic carbocycles. The van der Waals surface area contributed by atoms with E-state index < -0.39 is 0 Å². The molecule has 0 aliphatic carbocycles. The number of amides is 1. The van der Waals surface area contributed by atoms with Crippen molar-refractivity contribution >= 4 is 35.8 Å². The maximum absolute atomic E-state index is 11.9. The fourth-order valence-corrected chi connectivity index (χ4v) is 2.22. The number of guanidine groups is 1. The summed E-state index contributed by atoms with van der Waals surface area (Å²) in [5.41, 5.74) is 7.63. The molecule has 1 amide bonds. The molecule has 0 radical (unpaired) electrons. The summed E-state index contributed by atoms with van der Waals surface area (Å²) in [4.78, 5) is 18.4. The highest BCUT2D eigenvalue weighted by Crippen LogP contribution is 2.07. The molecule has 0 bridgehead atoms. The van der Waals surface area contributed by atoms with E-state index >= 15 is 0 Å². The summed E-state index contributed by atoms with van der Waals surface area (Å²) < 4.78 is 5.29. The number of carbonyl (C=O) groups is 1. The standard InChI is InChI=1S/C16H24N4O2.HI/c1-2-6-18-15(21)14-5-3-4-13(11-14)12-19-16(17)20-7-9-22-10-8-20;/h3-5,11H,2,6-10,12H2,1H3,(H2,17,19)(H,18,21);1H. The van der Waals surface area contributed by atoms with Gasteiger partial charge in [0.1, 0.15) is 0 Å². The van der Waals surface area contributed by atoms with Crippen LogP contribution in [0.2, 0.25) is 0 Å². The van der Waals surface area contributed by atoms with E-state index in [1.165, 1.54) is 0 Å². The van der Waals surface area contributed by atoms with Crippen molar-refractivity contribution in [3.63, 3.8) is 0 Å². The Balaban J connectivity index is 0.00000264. The number of hydrogen-bond donors (Lipinski definition) is 2. The van der Waals surface area contributed by atoms with E-state index in [1.807, 2.05) is 36.1 Å². The molecule has 0 unspecified atom stereocenters. The van der Waals surface area contributed by atoms with Crippen molar-refractivity contribution in [3.05, 3.63) is 35.4 Å². The molecule has 0 atom stereocenters. The highest BCUT2D eigenvalue weighted by atomic mass is 127. The first-order chi connectivity index (χ1) is 10.7. The van der Waals surface area contributed by atoms with Gasteiger partial charge in [-0.2, -0.15) is 0 Å². The van der Waals surface area contributed by atoms with Crippen molar-refractivity contribution < 1.29 is 9.53 Å². The van der Waals surface area contributed by atoms with E-state index in [2.05, 4.69) is 10.3 Å². The highest BCUT2D eigenvalue weighted by molar-refractivity contribution is 14.0. The average Bonchev–Trinajstić information content (AvgIpc) is 2.58. The summed E-state index contributed by atoms with van der Waals surface area (Å²) in [5, 5.41) is 2.87. The lowest BCUT2D eigenvalue weighted by Crippen LogP contribution is -2.44. The Labute approximate surface area is 154 Å². The first-order valence-corrected chi connectivity index (χ1v) is 7.70. The topological polar surface area (TPSA) is 80.0 Å². The molecule has 7 heteroatoms. The minimum absolute atomic E-state index is 0. The molecule has 0 aromatic heterocycles. The van der Waals surface area contributed by atoms with Crippen molar-refractivity contribution in [3.8, 4) is 0 Å². The van der Waals surface area contributed by atoms with Crippen molar-refractivity contribution in [1.29, 1.82) is 0 Å². The van der Waals surface area contributed by atoms with Crippen LogP contribution < -0.4 is 11.1 Å². The molecule has 0 spiro atoms. The number of benzene rings is 1. The third-order valence-corrected chi connectivity index (χ3v) is 3.48. The Morgan fingerprint density at radius 3 is 2.83 bits per heavy atom. The maximum atomic E-state index is 11.9. The maximum Gasteiger partial charge on any atom is 0.251 e. The van der Waals surface area contributed by atoms with Gasteiger partial charge in [0.25, 0.3) is 5.91 Å². The molecule has 1 aromatic rings. The molecule has 0 saturated carbocycles. The van der Waals surface area contributed by atoms with Crippen molar-refractivity contribution in [2.24, 2.45) is 10.7 Å². The summed E-state index contributed by atoms with van der Waals surface area (Å²) in [6.45, 7) is 6.10. The van der Waals surface area contributed by atoms with Crippen molar-refractivity contribution in [2.75, 3.05) is 32.8 Å². The number of ether oxygens (including phenoxy) is 1. The lowest BCUT2D eigenvalue weighted by molar-refractivity contribution is 0.0674. The molecule has 128 valence electrons. The first-order valence-electron chi connectivity index (χ1n) is 7.70. The van der Waals surface area contributed by atoms with Gasteiger partial charge in [0.05, 0.1) is 19.8 Å². The molecular weight excluding hydrogens is 407 g/mol. The number of halogens is 1. The Morgan fingerprint density at radius 1 is 1.39 bits per heavy atom. The van der Waals surface area contributed by atoms with Gasteiger partial charge in [0, 0.05) is 25.2 Å². The van der Waals surface area contributed by atoms with Gasteiger partial charge < -0.3 is 20.7 Å². The number of aliphatic imine (C=N–C) groups is 1. The van der Waals surface area contributed by atoms with E-state index in [9.17, 15) is 4.79 Å². The smallest absolute Gasteiger partial charge is 0.251 e. The lowest BCUT2D eigenvalue weighted by Gasteiger charge is -2.27. The van der Waals surface area contributed by atoms with Gasteiger partial charge in [-0.1, -0.05) is 19.1 Å². The summed E-state index contributed by atoms with van der Waals surface area (Å²) in [6, 6.07) is 7.49. The summed E-state index contributed by atoms with van der Waals surface area (Å²) >= 11 is 0. The summed E-state index contributed by atoms with van der Waals surface area (Å²) in [5.74, 6) is 0.484. The quantitative estimate of drug-likeness (QED) is 0.421. The fraction of sp³-hybridized carbons (Fsp3) is 0.500. The van der Waals surface area contributed by atoms with E-state index in [4.69, 9.17) is 10.5 Å². The van der Waals surface area contributed by atoms with Gasteiger partial charge in [0.15, 0.2) is 5.96 Å². The predicted octanol–water partition coefficient (Wildman–Crippen LogP) is 1.59. The van der Waals surface area contributed by atoms with E-state index in [0.29, 0.717) is 37.8 Å². The number of rotatable bonds is 5. The zero-order chi connectivity index (χ0) is 15.8. The normalized spacial score (nSPS) is 15.0. The first kappa shape index (κ1) is 19.7. The van der Waals surface area contributed by atoms with Crippen LogP contribution in [0.4, 0.5) is 0 Å². The Hall–Kier alpha value is -1.35. The molecule has 1 heterocycles. The molecule has 1 fully saturated rings. The zero-order valence-electron chi connectivity index (χ0n) is 13.5. The number of hydrogen-bond acceptors (Lipinski definition) is 3. The van der Waals surface area contributed by atoms with E-state index in [-0.39, 0.29) is 29.9 Å². The lowest BCUT2D eigenvalue weighted by atomic mass is 10.1. The van der Waals surface area contributed by atoms with Crippen molar-refractivity contribution in [1.82, 2.24) is 10.2 Å². The number of nitrogens with zero attached hydrogens (tertiary/aromatic N) is 2. The Kier molecular flexibility index (Phi) is 8.93. The SMILES string of the molecule is CCCNC(=O)c1cccc(CN=C(N)N2CCOCC2)c1.I. The van der Waals surface area contributed by atoms with Crippen LogP contribution >= 0.6 is 24.0 Å². The molecule has 1 saturated heterocycles. The summed E-state index contributed by atoms with van der Waals surface area (Å²) in [6.07, 6.45) is 0.922. The molecule has 1 aliphatic heterocycles. The Morgan fingerprint density at radius 2 is 2.13 bits per heavy atom. The number of carbonyl (C=O) groups excluding carboxylic acids is 1. The van der Waals surface area contributed by atoms with Crippen molar-refractivity contribution in [2.45, 2.75) is 19.9 Å².